The molecule has 0 saturated heterocycles. The van der Waals surface area contributed by atoms with Gasteiger partial charge in [-0.15, -0.1) is 11.3 Å². The zero-order valence-electron chi connectivity index (χ0n) is 14.4. The Morgan fingerprint density at radius 3 is 2.76 bits per heavy atom. The third-order valence-corrected chi connectivity index (χ3v) is 4.75. The average Bonchev–Trinajstić information content (AvgIpc) is 2.98. The Morgan fingerprint density at radius 2 is 1.96 bits per heavy atom. The molecule has 1 aromatic heterocycles. The van der Waals surface area contributed by atoms with E-state index in [1.807, 2.05) is 56.4 Å². The summed E-state index contributed by atoms with van der Waals surface area (Å²) in [7, 11) is 2.00. The van der Waals surface area contributed by atoms with Crippen LogP contribution in [0.2, 0.25) is 0 Å². The van der Waals surface area contributed by atoms with E-state index in [1.54, 1.807) is 11.3 Å². The zero-order valence-corrected chi connectivity index (χ0v) is 15.2. The van der Waals surface area contributed by atoms with Gasteiger partial charge in [0.2, 0.25) is 0 Å². The molecule has 0 aliphatic carbocycles. The van der Waals surface area contributed by atoms with Crippen LogP contribution in [0.15, 0.2) is 48.5 Å². The number of amides is 1. The van der Waals surface area contributed by atoms with Gasteiger partial charge in [0.1, 0.15) is 17.3 Å². The number of nitrogens with zero attached hydrogens (tertiary/aromatic N) is 1. The molecule has 0 radical (unpaired) electrons. The van der Waals surface area contributed by atoms with Crippen LogP contribution in [0.5, 0.6) is 5.75 Å². The maximum Gasteiger partial charge on any atom is 0.279 e. The number of rotatable bonds is 7. The maximum atomic E-state index is 12.3. The van der Waals surface area contributed by atoms with E-state index in [2.05, 4.69) is 16.4 Å². The first-order valence-corrected chi connectivity index (χ1v) is 9.14. The summed E-state index contributed by atoms with van der Waals surface area (Å²) >= 11 is 1.68. The topological polar surface area (TPSA) is 55.7 Å². The van der Waals surface area contributed by atoms with Crippen LogP contribution in [0.25, 0.3) is 10.2 Å². The first-order chi connectivity index (χ1) is 12.2. The summed E-state index contributed by atoms with van der Waals surface area (Å²) in [6, 6.07) is 15.6. The van der Waals surface area contributed by atoms with Gasteiger partial charge in [0, 0.05) is 0 Å². The first kappa shape index (κ1) is 17.4. The standard InChI is InChI=1S/C19H21N3O2S/c1-3-24-16-10-6-4-8-14(16)20-18(23)12-22(2)13-19-21-15-9-5-7-11-17(15)25-19/h4-11H,3,12-13H2,1-2H3,(H,20,23)/p+1. The number of aromatic nitrogens is 1. The molecular formula is C19H22N3O2S+. The Kier molecular flexibility index (Phi) is 5.63. The van der Waals surface area contributed by atoms with Gasteiger partial charge in [-0.1, -0.05) is 24.3 Å². The summed E-state index contributed by atoms with van der Waals surface area (Å²) in [4.78, 5) is 18.1. The number of carbonyl (C=O) groups is 1. The fraction of sp³-hybridized carbons (Fsp3) is 0.263. The number of nitrogens with one attached hydrogen (secondary N) is 2. The Labute approximate surface area is 151 Å². The van der Waals surface area contributed by atoms with Crippen LogP contribution in [-0.2, 0) is 11.3 Å². The van der Waals surface area contributed by atoms with Crippen molar-refractivity contribution in [2.24, 2.45) is 0 Å². The van der Waals surface area contributed by atoms with Crippen molar-refractivity contribution in [3.8, 4) is 5.75 Å². The molecule has 0 aliphatic heterocycles. The van der Waals surface area contributed by atoms with Gasteiger partial charge in [-0.3, -0.25) is 4.79 Å². The van der Waals surface area contributed by atoms with Gasteiger partial charge >= 0.3 is 0 Å². The highest BCUT2D eigenvalue weighted by molar-refractivity contribution is 7.18. The second kappa shape index (κ2) is 8.09. The Morgan fingerprint density at radius 1 is 1.20 bits per heavy atom. The van der Waals surface area contributed by atoms with Crippen LogP contribution in [0, 0.1) is 0 Å². The molecular weight excluding hydrogens is 334 g/mol. The van der Waals surface area contributed by atoms with E-state index >= 15 is 0 Å². The Bertz CT molecular complexity index is 830. The van der Waals surface area contributed by atoms with Crippen molar-refractivity contribution >= 4 is 33.1 Å². The van der Waals surface area contributed by atoms with Crippen molar-refractivity contribution in [2.75, 3.05) is 25.5 Å². The molecule has 5 nitrogen and oxygen atoms in total. The van der Waals surface area contributed by atoms with Crippen LogP contribution in [0.3, 0.4) is 0 Å². The normalized spacial score (nSPS) is 12.1. The van der Waals surface area contributed by atoms with E-state index < -0.39 is 0 Å². The number of anilines is 1. The number of likely N-dealkylation sites (N-methyl/N-ethyl adjacent to an activating group) is 1. The number of benzene rings is 2. The molecule has 1 amide bonds. The SMILES string of the molecule is CCOc1ccccc1NC(=O)C[NH+](C)Cc1nc2ccccc2s1. The minimum absolute atomic E-state index is 0.0363. The van der Waals surface area contributed by atoms with Crippen LogP contribution in [0.4, 0.5) is 5.69 Å². The summed E-state index contributed by atoms with van der Waals surface area (Å²) in [5.74, 6) is 0.660. The monoisotopic (exact) mass is 356 g/mol. The minimum atomic E-state index is -0.0363. The first-order valence-electron chi connectivity index (χ1n) is 8.33. The number of hydrogen-bond acceptors (Lipinski definition) is 4. The zero-order chi connectivity index (χ0) is 17.6. The van der Waals surface area contributed by atoms with E-state index in [-0.39, 0.29) is 5.91 Å². The highest BCUT2D eigenvalue weighted by Crippen LogP contribution is 2.23. The Balaban J connectivity index is 1.59. The molecule has 2 aromatic carbocycles. The Hall–Kier alpha value is -2.44. The molecule has 1 heterocycles. The predicted molar refractivity (Wildman–Crippen MR) is 101 cm³/mol. The third kappa shape index (κ3) is 4.55. The molecule has 0 spiro atoms. The maximum absolute atomic E-state index is 12.3. The molecule has 130 valence electrons. The van der Waals surface area contributed by atoms with Crippen molar-refractivity contribution in [3.63, 3.8) is 0 Å². The van der Waals surface area contributed by atoms with Crippen LogP contribution < -0.4 is 15.0 Å². The van der Waals surface area contributed by atoms with E-state index in [0.29, 0.717) is 24.6 Å². The number of thiazole rings is 1. The van der Waals surface area contributed by atoms with Crippen LogP contribution in [0.1, 0.15) is 11.9 Å². The molecule has 1 atom stereocenters. The smallest absolute Gasteiger partial charge is 0.279 e. The lowest BCUT2D eigenvalue weighted by molar-refractivity contribution is -0.885. The number of para-hydroxylation sites is 3. The minimum Gasteiger partial charge on any atom is -0.492 e. The fourth-order valence-corrected chi connectivity index (χ4v) is 3.72. The third-order valence-electron chi connectivity index (χ3n) is 3.71. The van der Waals surface area contributed by atoms with E-state index in [4.69, 9.17) is 4.74 Å². The molecule has 0 aliphatic rings. The lowest BCUT2D eigenvalue weighted by Gasteiger charge is -2.14. The molecule has 2 N–H and O–H groups in total. The summed E-state index contributed by atoms with van der Waals surface area (Å²) in [5.41, 5.74) is 1.73. The van der Waals surface area contributed by atoms with Gasteiger partial charge in [0.25, 0.3) is 5.91 Å². The van der Waals surface area contributed by atoms with Crippen molar-refractivity contribution < 1.29 is 14.4 Å². The number of carbonyl (C=O) groups excluding carboxylic acids is 1. The van der Waals surface area contributed by atoms with E-state index in [1.165, 1.54) is 4.70 Å². The lowest BCUT2D eigenvalue weighted by Crippen LogP contribution is -3.08. The largest absolute Gasteiger partial charge is 0.492 e. The van der Waals surface area contributed by atoms with Gasteiger partial charge < -0.3 is 15.0 Å². The summed E-state index contributed by atoms with van der Waals surface area (Å²) in [6.45, 7) is 3.58. The molecule has 25 heavy (non-hydrogen) atoms. The van der Waals surface area contributed by atoms with Crippen LogP contribution in [-0.4, -0.2) is 31.1 Å². The van der Waals surface area contributed by atoms with E-state index in [9.17, 15) is 4.79 Å². The molecule has 0 saturated carbocycles. The summed E-state index contributed by atoms with van der Waals surface area (Å²) in [6.07, 6.45) is 0. The molecule has 0 fully saturated rings. The number of fused-ring (bicyclic) bond motifs is 1. The highest BCUT2D eigenvalue weighted by Gasteiger charge is 2.15. The van der Waals surface area contributed by atoms with Crippen molar-refractivity contribution in [2.45, 2.75) is 13.5 Å². The number of quaternary nitrogens is 1. The van der Waals surface area contributed by atoms with Crippen molar-refractivity contribution in [1.82, 2.24) is 4.98 Å². The molecule has 0 bridgehead atoms. The second-order valence-corrected chi connectivity index (χ2v) is 6.98. The second-order valence-electron chi connectivity index (χ2n) is 5.86. The van der Waals surface area contributed by atoms with Gasteiger partial charge in [-0.05, 0) is 31.2 Å². The van der Waals surface area contributed by atoms with Gasteiger partial charge in [-0.2, -0.15) is 0 Å². The molecule has 3 rings (SSSR count). The van der Waals surface area contributed by atoms with Crippen molar-refractivity contribution in [3.05, 3.63) is 53.5 Å². The predicted octanol–water partition coefficient (Wildman–Crippen LogP) is 2.35. The summed E-state index contributed by atoms with van der Waals surface area (Å²) in [5, 5.41) is 3.98. The number of ether oxygens (including phenoxy) is 1. The highest BCUT2D eigenvalue weighted by atomic mass is 32.1. The average molecular weight is 356 g/mol. The van der Waals surface area contributed by atoms with Crippen molar-refractivity contribution in [1.29, 1.82) is 0 Å². The van der Waals surface area contributed by atoms with Gasteiger partial charge in [0.05, 0.1) is 29.6 Å². The molecule has 3 aromatic rings. The summed E-state index contributed by atoms with van der Waals surface area (Å²) < 4.78 is 6.72. The van der Waals surface area contributed by atoms with Gasteiger partial charge in [0.15, 0.2) is 6.54 Å². The quantitative estimate of drug-likeness (QED) is 0.683. The molecule has 1 unspecified atom stereocenters. The van der Waals surface area contributed by atoms with E-state index in [0.717, 1.165) is 22.0 Å². The fourth-order valence-electron chi connectivity index (χ4n) is 2.64. The van der Waals surface area contributed by atoms with Crippen LogP contribution >= 0.6 is 11.3 Å². The molecule has 6 heteroatoms. The lowest BCUT2D eigenvalue weighted by atomic mass is 10.3. The van der Waals surface area contributed by atoms with Gasteiger partial charge in [-0.25, -0.2) is 4.98 Å². The number of hydrogen-bond donors (Lipinski definition) is 2.